The maximum Gasteiger partial charge on any atom is 0.222 e. The number of nitrogen functional groups attached to an aromatic ring is 2. The van der Waals surface area contributed by atoms with Crippen LogP contribution >= 0.6 is 0 Å². The largest absolute Gasteiger partial charge is 0.503 e. The van der Waals surface area contributed by atoms with Crippen molar-refractivity contribution in [1.29, 1.82) is 0 Å². The number of nitrogens with two attached hydrogens (primary N) is 2. The van der Waals surface area contributed by atoms with Crippen LogP contribution in [0, 0.1) is 6.92 Å². The summed E-state index contributed by atoms with van der Waals surface area (Å²) >= 11 is 0. The summed E-state index contributed by atoms with van der Waals surface area (Å²) in [6, 6.07) is 3.63. The third kappa shape index (κ3) is 3.28. The van der Waals surface area contributed by atoms with Crippen LogP contribution in [0.3, 0.4) is 0 Å². The normalized spacial score (nSPS) is 10.8. The van der Waals surface area contributed by atoms with Gasteiger partial charge in [-0.1, -0.05) is 6.07 Å². The molecule has 29 heavy (non-hydrogen) atoms. The standard InChI is InChI=1S/C19H23N5O5/c1-8-9(5-6-10-11(8)18(20)24-19(21)23-10)7-22-12-13(25)15(27-2)17(29-4)16(28-3)14(12)26/h5-6,22,25-26H,7H2,1-4H3,(H4,20,21,23,24). The van der Waals surface area contributed by atoms with Gasteiger partial charge >= 0.3 is 0 Å². The zero-order valence-corrected chi connectivity index (χ0v) is 16.5. The van der Waals surface area contributed by atoms with E-state index in [4.69, 9.17) is 25.7 Å². The first-order valence-corrected chi connectivity index (χ1v) is 8.62. The van der Waals surface area contributed by atoms with Crippen molar-refractivity contribution in [2.45, 2.75) is 13.5 Å². The van der Waals surface area contributed by atoms with Crippen LogP contribution < -0.4 is 31.0 Å². The number of methoxy groups -OCH3 is 3. The van der Waals surface area contributed by atoms with Crippen LogP contribution in [0.4, 0.5) is 17.5 Å². The second-order valence-corrected chi connectivity index (χ2v) is 6.24. The van der Waals surface area contributed by atoms with Crippen molar-refractivity contribution in [3.63, 3.8) is 0 Å². The number of aromatic nitrogens is 2. The Balaban J connectivity index is 2.03. The van der Waals surface area contributed by atoms with Crippen LogP contribution in [-0.4, -0.2) is 41.5 Å². The van der Waals surface area contributed by atoms with Crippen LogP contribution in [0.25, 0.3) is 10.9 Å². The monoisotopic (exact) mass is 401 g/mol. The van der Waals surface area contributed by atoms with Crippen molar-refractivity contribution >= 4 is 28.4 Å². The molecule has 7 N–H and O–H groups in total. The predicted octanol–water partition coefficient (Wildman–Crippen LogP) is 2.15. The summed E-state index contributed by atoms with van der Waals surface area (Å²) in [4.78, 5) is 8.20. The molecule has 2 aromatic carbocycles. The lowest BCUT2D eigenvalue weighted by molar-refractivity contribution is 0.299. The number of nitrogens with one attached hydrogen (secondary N) is 1. The average Bonchev–Trinajstić information content (AvgIpc) is 2.68. The van der Waals surface area contributed by atoms with Crippen molar-refractivity contribution in [3.05, 3.63) is 23.3 Å². The molecule has 0 amide bonds. The molecule has 154 valence electrons. The molecule has 1 aromatic heterocycles. The Morgan fingerprint density at radius 1 is 0.931 bits per heavy atom. The van der Waals surface area contributed by atoms with Crippen molar-refractivity contribution in [2.24, 2.45) is 0 Å². The Morgan fingerprint density at radius 2 is 1.52 bits per heavy atom. The number of benzene rings is 2. The molecule has 0 aliphatic heterocycles. The number of aromatic hydroxyl groups is 2. The van der Waals surface area contributed by atoms with E-state index in [1.165, 1.54) is 21.3 Å². The van der Waals surface area contributed by atoms with Crippen LogP contribution in [0.5, 0.6) is 28.7 Å². The maximum absolute atomic E-state index is 10.6. The van der Waals surface area contributed by atoms with Crippen LogP contribution in [-0.2, 0) is 6.54 Å². The smallest absolute Gasteiger partial charge is 0.222 e. The molecule has 1 heterocycles. The zero-order valence-electron chi connectivity index (χ0n) is 16.5. The number of fused-ring (bicyclic) bond motifs is 1. The number of nitrogens with zero attached hydrogens (tertiary/aromatic N) is 2. The molecular formula is C19H23N5O5. The van der Waals surface area contributed by atoms with E-state index in [2.05, 4.69) is 15.3 Å². The molecule has 0 spiro atoms. The highest BCUT2D eigenvalue weighted by Crippen LogP contribution is 2.55. The zero-order chi connectivity index (χ0) is 21.3. The number of aryl methyl sites for hydroxylation is 1. The Kier molecular flexibility index (Phi) is 5.26. The van der Waals surface area contributed by atoms with Crippen molar-refractivity contribution in [3.8, 4) is 28.7 Å². The summed E-state index contributed by atoms with van der Waals surface area (Å²) in [5.41, 5.74) is 14.0. The summed E-state index contributed by atoms with van der Waals surface area (Å²) in [7, 11) is 4.13. The number of phenolic OH excluding ortho intramolecular Hbond substituents is 2. The highest BCUT2D eigenvalue weighted by Gasteiger charge is 2.26. The van der Waals surface area contributed by atoms with E-state index in [0.717, 1.165) is 11.1 Å². The molecule has 0 aliphatic rings. The number of rotatable bonds is 6. The van der Waals surface area contributed by atoms with E-state index < -0.39 is 0 Å². The van der Waals surface area contributed by atoms with Crippen molar-refractivity contribution < 1.29 is 24.4 Å². The van der Waals surface area contributed by atoms with Crippen molar-refractivity contribution in [2.75, 3.05) is 38.1 Å². The lowest BCUT2D eigenvalue weighted by Gasteiger charge is -2.19. The van der Waals surface area contributed by atoms with Crippen molar-refractivity contribution in [1.82, 2.24) is 9.97 Å². The maximum atomic E-state index is 10.6. The van der Waals surface area contributed by atoms with E-state index >= 15 is 0 Å². The van der Waals surface area contributed by atoms with Gasteiger partial charge < -0.3 is 41.2 Å². The summed E-state index contributed by atoms with van der Waals surface area (Å²) in [6.07, 6.45) is 0. The van der Waals surface area contributed by atoms with Gasteiger partial charge in [0.15, 0.2) is 11.5 Å². The Morgan fingerprint density at radius 3 is 2.07 bits per heavy atom. The van der Waals surface area contributed by atoms with Gasteiger partial charge in [-0.3, -0.25) is 0 Å². The highest BCUT2D eigenvalue weighted by atomic mass is 16.5. The third-order valence-corrected chi connectivity index (χ3v) is 4.67. The third-order valence-electron chi connectivity index (χ3n) is 4.67. The Hall–Kier alpha value is -3.82. The first kappa shape index (κ1) is 19.9. The van der Waals surface area contributed by atoms with Crippen LogP contribution in [0.15, 0.2) is 12.1 Å². The molecule has 10 nitrogen and oxygen atoms in total. The minimum Gasteiger partial charge on any atom is -0.503 e. The molecule has 0 aliphatic carbocycles. The number of anilines is 3. The fourth-order valence-electron chi connectivity index (χ4n) is 3.25. The van der Waals surface area contributed by atoms with E-state index in [0.29, 0.717) is 10.9 Å². The predicted molar refractivity (Wildman–Crippen MR) is 110 cm³/mol. The topological polar surface area (TPSA) is 158 Å². The van der Waals surface area contributed by atoms with Gasteiger partial charge in [0.2, 0.25) is 23.2 Å². The molecule has 0 saturated heterocycles. The second kappa shape index (κ2) is 7.66. The van der Waals surface area contributed by atoms with E-state index in [9.17, 15) is 10.2 Å². The van der Waals surface area contributed by atoms with Crippen LogP contribution in [0.2, 0.25) is 0 Å². The summed E-state index contributed by atoms with van der Waals surface area (Å²) in [5.74, 6) is -0.0766. The minimum atomic E-state index is -0.309. The summed E-state index contributed by atoms with van der Waals surface area (Å²) in [6.45, 7) is 2.13. The first-order chi connectivity index (χ1) is 13.8. The SMILES string of the molecule is COc1c(O)c(NCc2ccc3nc(N)nc(N)c3c2C)c(O)c(OC)c1OC. The van der Waals surface area contributed by atoms with Gasteiger partial charge in [-0.2, -0.15) is 4.98 Å². The highest BCUT2D eigenvalue weighted by molar-refractivity contribution is 5.92. The molecule has 0 fully saturated rings. The Labute approximate surface area is 167 Å². The number of hydrogen-bond acceptors (Lipinski definition) is 10. The molecule has 3 rings (SSSR count). The number of phenols is 2. The fourth-order valence-corrected chi connectivity index (χ4v) is 3.25. The molecule has 0 saturated carbocycles. The summed E-state index contributed by atoms with van der Waals surface area (Å²) < 4.78 is 15.6. The summed E-state index contributed by atoms with van der Waals surface area (Å²) in [5, 5.41) is 24.8. The molecule has 0 unspecified atom stereocenters. The van der Waals surface area contributed by atoms with E-state index in [1.54, 1.807) is 6.07 Å². The molecule has 0 radical (unpaired) electrons. The lowest BCUT2D eigenvalue weighted by atomic mass is 10.0. The van der Waals surface area contributed by atoms with Crippen LogP contribution in [0.1, 0.15) is 11.1 Å². The molecule has 3 aromatic rings. The van der Waals surface area contributed by atoms with Gasteiger partial charge in [-0.15, -0.1) is 0 Å². The van der Waals surface area contributed by atoms with Gasteiger partial charge in [0, 0.05) is 11.9 Å². The first-order valence-electron chi connectivity index (χ1n) is 8.62. The molecular weight excluding hydrogens is 378 g/mol. The van der Waals surface area contributed by atoms with Gasteiger partial charge in [0.05, 0.1) is 26.8 Å². The average molecular weight is 401 g/mol. The van der Waals surface area contributed by atoms with E-state index in [1.807, 2.05) is 13.0 Å². The van der Waals surface area contributed by atoms with Gasteiger partial charge in [0.25, 0.3) is 0 Å². The number of hydrogen-bond donors (Lipinski definition) is 5. The Bertz CT molecular complexity index is 1060. The molecule has 0 bridgehead atoms. The van der Waals surface area contributed by atoms with E-state index in [-0.39, 0.29) is 52.7 Å². The van der Waals surface area contributed by atoms with Gasteiger partial charge in [-0.25, -0.2) is 4.98 Å². The number of ether oxygens (including phenoxy) is 3. The van der Waals surface area contributed by atoms with Gasteiger partial charge in [-0.05, 0) is 24.1 Å². The lowest BCUT2D eigenvalue weighted by Crippen LogP contribution is -2.06. The fraction of sp³-hybridized carbons (Fsp3) is 0.263. The minimum absolute atomic E-state index is 0.0352. The molecule has 0 atom stereocenters. The second-order valence-electron chi connectivity index (χ2n) is 6.24. The van der Waals surface area contributed by atoms with Gasteiger partial charge in [0.1, 0.15) is 11.5 Å². The molecule has 10 heteroatoms. The quantitative estimate of drug-likeness (QED) is 0.387.